The fourth-order valence-corrected chi connectivity index (χ4v) is 5.70. The maximum absolute atomic E-state index is 13.9. The molecule has 0 spiro atoms. The van der Waals surface area contributed by atoms with Gasteiger partial charge in [-0.05, 0) is 49.7 Å². The van der Waals surface area contributed by atoms with E-state index in [1.165, 1.54) is 6.07 Å². The van der Waals surface area contributed by atoms with Crippen molar-refractivity contribution in [3.05, 3.63) is 42.1 Å². The van der Waals surface area contributed by atoms with E-state index < -0.39 is 11.6 Å². The van der Waals surface area contributed by atoms with Crippen LogP contribution in [-0.2, 0) is 6.54 Å². The lowest BCUT2D eigenvalue weighted by atomic mass is 9.92. The summed E-state index contributed by atoms with van der Waals surface area (Å²) in [6.45, 7) is 3.25. The average molecular weight is 483 g/mol. The van der Waals surface area contributed by atoms with Crippen molar-refractivity contribution in [2.75, 3.05) is 41.9 Å². The van der Waals surface area contributed by atoms with Gasteiger partial charge < -0.3 is 19.9 Å². The number of aryl methyl sites for hydroxylation is 1. The highest BCUT2D eigenvalue weighted by Gasteiger charge is 2.43. The summed E-state index contributed by atoms with van der Waals surface area (Å²) in [5, 5.41) is 16.4. The molecule has 0 amide bonds. The first kappa shape index (κ1) is 22.0. The molecule has 184 valence electrons. The predicted molar refractivity (Wildman–Crippen MR) is 127 cm³/mol. The number of rotatable bonds is 5. The zero-order valence-electron chi connectivity index (χ0n) is 19.6. The maximum Gasteiger partial charge on any atom is 0.244 e. The SMILES string of the molecule is COc1cc(N2CC3CC[C@@H](C2)C3Nc2nc3n(n2)CCCCN3c2ccc(F)c(F)c2)cnn1. The first-order valence-electron chi connectivity index (χ1n) is 12.1. The zero-order valence-corrected chi connectivity index (χ0v) is 19.6. The molecular weight excluding hydrogens is 454 g/mol. The van der Waals surface area contributed by atoms with Gasteiger partial charge in [0.1, 0.15) is 0 Å². The number of halogens is 2. The van der Waals surface area contributed by atoms with Crippen LogP contribution in [0.1, 0.15) is 25.7 Å². The van der Waals surface area contributed by atoms with Crippen LogP contribution in [0.5, 0.6) is 5.88 Å². The number of ether oxygens (including phenoxy) is 1. The van der Waals surface area contributed by atoms with Crippen molar-refractivity contribution < 1.29 is 13.5 Å². The maximum atomic E-state index is 13.9. The number of hydrogen-bond donors (Lipinski definition) is 1. The smallest absolute Gasteiger partial charge is 0.244 e. The van der Waals surface area contributed by atoms with E-state index in [0.717, 1.165) is 57.1 Å². The lowest BCUT2D eigenvalue weighted by Gasteiger charge is -2.39. The number of anilines is 4. The van der Waals surface area contributed by atoms with Crippen LogP contribution in [0.2, 0.25) is 0 Å². The minimum absolute atomic E-state index is 0.284. The Hall–Kier alpha value is -3.50. The van der Waals surface area contributed by atoms with Crippen LogP contribution in [-0.4, -0.2) is 57.7 Å². The van der Waals surface area contributed by atoms with E-state index in [1.807, 2.05) is 15.6 Å². The van der Waals surface area contributed by atoms with Gasteiger partial charge in [-0.15, -0.1) is 10.2 Å². The monoisotopic (exact) mass is 482 g/mol. The second-order valence-corrected chi connectivity index (χ2v) is 9.54. The second kappa shape index (κ2) is 8.94. The fourth-order valence-electron chi connectivity index (χ4n) is 5.70. The highest BCUT2D eigenvalue weighted by molar-refractivity contribution is 5.59. The van der Waals surface area contributed by atoms with Crippen LogP contribution in [0, 0.1) is 23.5 Å². The number of aromatic nitrogens is 5. The molecule has 0 radical (unpaired) electrons. The Labute approximate surface area is 202 Å². The molecule has 2 aromatic heterocycles. The van der Waals surface area contributed by atoms with E-state index in [9.17, 15) is 8.78 Å². The Balaban J connectivity index is 1.21. The van der Waals surface area contributed by atoms with Gasteiger partial charge in [-0.2, -0.15) is 10.1 Å². The molecular formula is C24H28F2N8O. The summed E-state index contributed by atoms with van der Waals surface area (Å²) < 4.78 is 34.6. The van der Waals surface area contributed by atoms with E-state index >= 15 is 0 Å². The van der Waals surface area contributed by atoms with Crippen molar-refractivity contribution in [2.24, 2.45) is 11.8 Å². The Morgan fingerprint density at radius 1 is 1.00 bits per heavy atom. The number of nitrogens with one attached hydrogen (secondary N) is 1. The molecule has 35 heavy (non-hydrogen) atoms. The Kier molecular flexibility index (Phi) is 5.62. The molecule has 11 heteroatoms. The second-order valence-electron chi connectivity index (χ2n) is 9.54. The molecule has 2 bridgehead atoms. The van der Waals surface area contributed by atoms with Crippen molar-refractivity contribution >= 4 is 23.3 Å². The molecule has 4 heterocycles. The highest BCUT2D eigenvalue weighted by Crippen LogP contribution is 2.40. The molecule has 1 aromatic carbocycles. The predicted octanol–water partition coefficient (Wildman–Crippen LogP) is 3.61. The number of benzene rings is 1. The van der Waals surface area contributed by atoms with Crippen molar-refractivity contribution in [2.45, 2.75) is 38.3 Å². The third-order valence-electron chi connectivity index (χ3n) is 7.43. The van der Waals surface area contributed by atoms with Crippen molar-refractivity contribution in [1.82, 2.24) is 25.0 Å². The first-order chi connectivity index (χ1) is 17.1. The molecule has 1 saturated carbocycles. The molecule has 2 fully saturated rings. The van der Waals surface area contributed by atoms with E-state index in [-0.39, 0.29) is 6.04 Å². The zero-order chi connectivity index (χ0) is 23.9. The molecule has 2 unspecified atom stereocenters. The fraction of sp³-hybridized carbons (Fsp3) is 0.500. The minimum atomic E-state index is -0.860. The van der Waals surface area contributed by atoms with Gasteiger partial charge in [0.05, 0.1) is 19.0 Å². The molecule has 2 aliphatic heterocycles. The van der Waals surface area contributed by atoms with Crippen LogP contribution in [0.3, 0.4) is 0 Å². The summed E-state index contributed by atoms with van der Waals surface area (Å²) in [6.07, 6.45) is 5.94. The third kappa shape index (κ3) is 4.12. The van der Waals surface area contributed by atoms with Crippen LogP contribution in [0.25, 0.3) is 0 Å². The molecule has 3 aromatic rings. The first-order valence-corrected chi connectivity index (χ1v) is 12.1. The summed E-state index contributed by atoms with van der Waals surface area (Å²) in [6, 6.07) is 6.20. The van der Waals surface area contributed by atoms with Crippen LogP contribution in [0.15, 0.2) is 30.5 Å². The van der Waals surface area contributed by atoms with E-state index in [4.69, 9.17) is 14.8 Å². The van der Waals surface area contributed by atoms with Crippen molar-refractivity contribution in [3.63, 3.8) is 0 Å². The van der Waals surface area contributed by atoms with E-state index in [2.05, 4.69) is 20.4 Å². The van der Waals surface area contributed by atoms with Crippen LogP contribution in [0.4, 0.5) is 32.1 Å². The number of fused-ring (bicyclic) bond motifs is 3. The van der Waals surface area contributed by atoms with Gasteiger partial charge in [-0.25, -0.2) is 13.5 Å². The molecule has 9 nitrogen and oxygen atoms in total. The van der Waals surface area contributed by atoms with Crippen LogP contribution >= 0.6 is 0 Å². The topological polar surface area (TPSA) is 84.2 Å². The number of hydrogen-bond acceptors (Lipinski definition) is 8. The molecule has 1 saturated heterocycles. The highest BCUT2D eigenvalue weighted by atomic mass is 19.2. The number of piperidine rings is 1. The van der Waals surface area contributed by atoms with Gasteiger partial charge in [-0.1, -0.05) is 0 Å². The largest absolute Gasteiger partial charge is 0.480 e. The third-order valence-corrected chi connectivity index (χ3v) is 7.43. The van der Waals surface area contributed by atoms with Gasteiger partial charge in [0, 0.05) is 50.0 Å². The van der Waals surface area contributed by atoms with Crippen molar-refractivity contribution in [3.8, 4) is 5.88 Å². The van der Waals surface area contributed by atoms with Gasteiger partial charge in [0.25, 0.3) is 0 Å². The lowest BCUT2D eigenvalue weighted by molar-refractivity contribution is 0.372. The van der Waals surface area contributed by atoms with Gasteiger partial charge in [0.15, 0.2) is 11.6 Å². The van der Waals surface area contributed by atoms with Gasteiger partial charge in [0.2, 0.25) is 17.8 Å². The Morgan fingerprint density at radius 2 is 1.80 bits per heavy atom. The normalized spacial score (nSPS) is 23.7. The summed E-state index contributed by atoms with van der Waals surface area (Å²) in [4.78, 5) is 9.10. The van der Waals surface area contributed by atoms with E-state index in [0.29, 0.717) is 41.8 Å². The van der Waals surface area contributed by atoms with E-state index in [1.54, 1.807) is 19.4 Å². The number of methoxy groups -OCH3 is 1. The summed E-state index contributed by atoms with van der Waals surface area (Å²) in [7, 11) is 1.60. The van der Waals surface area contributed by atoms with Gasteiger partial charge in [-0.3, -0.25) is 0 Å². The van der Waals surface area contributed by atoms with Gasteiger partial charge >= 0.3 is 0 Å². The molecule has 1 N–H and O–H groups in total. The quantitative estimate of drug-likeness (QED) is 0.591. The average Bonchev–Trinajstić information content (AvgIpc) is 3.27. The molecule has 3 atom stereocenters. The lowest BCUT2D eigenvalue weighted by Crippen LogP contribution is -2.48. The summed E-state index contributed by atoms with van der Waals surface area (Å²) >= 11 is 0. The van der Waals surface area contributed by atoms with Crippen molar-refractivity contribution in [1.29, 1.82) is 0 Å². The Morgan fingerprint density at radius 3 is 2.57 bits per heavy atom. The van der Waals surface area contributed by atoms with Crippen LogP contribution < -0.4 is 19.9 Å². The Bertz CT molecular complexity index is 1210. The molecule has 6 rings (SSSR count). The molecule has 1 aliphatic carbocycles. The standard InChI is InChI=1S/C24H28F2N8O/c1-35-21-11-18(12-27-30-21)32-13-15-4-5-16(14-32)22(15)28-23-29-24-33(8-2-3-9-34(24)31-23)17-6-7-19(25)20(26)10-17/h6-7,10-12,15-16,22H,2-5,8-9,13-14H2,1H3,(H,28,31)/t15-,16?,22?/m0/s1. The minimum Gasteiger partial charge on any atom is -0.480 e. The molecule has 3 aliphatic rings. The summed E-state index contributed by atoms with van der Waals surface area (Å²) in [5.74, 6) is 0.978. The number of nitrogens with zero attached hydrogens (tertiary/aromatic N) is 7. The summed E-state index contributed by atoms with van der Waals surface area (Å²) in [5.41, 5.74) is 1.61.